The number of hydrogen-bond acceptors (Lipinski definition) is 5. The minimum Gasteiger partial charge on any atom is -0.322 e. The second-order valence-electron chi connectivity index (χ2n) is 6.94. The highest BCUT2D eigenvalue weighted by atomic mass is 16.6. The summed E-state index contributed by atoms with van der Waals surface area (Å²) in [7, 11) is 0. The van der Waals surface area contributed by atoms with Gasteiger partial charge in [-0.1, -0.05) is 24.3 Å². The van der Waals surface area contributed by atoms with Crippen molar-refractivity contribution >= 4 is 28.2 Å². The molecule has 1 amide bonds. The fraction of sp³-hybridized carbons (Fsp3) is 0.0870. The van der Waals surface area contributed by atoms with Crippen LogP contribution < -0.4 is 5.32 Å². The number of nitro groups is 1. The molecule has 7 nitrogen and oxygen atoms in total. The van der Waals surface area contributed by atoms with Gasteiger partial charge in [0.05, 0.1) is 27.4 Å². The van der Waals surface area contributed by atoms with Gasteiger partial charge in [-0.3, -0.25) is 19.9 Å². The van der Waals surface area contributed by atoms with Crippen molar-refractivity contribution in [2.75, 3.05) is 5.32 Å². The van der Waals surface area contributed by atoms with Gasteiger partial charge in [0.25, 0.3) is 11.6 Å². The molecule has 148 valence electrons. The molecule has 30 heavy (non-hydrogen) atoms. The number of anilines is 1. The van der Waals surface area contributed by atoms with E-state index in [0.29, 0.717) is 28.0 Å². The van der Waals surface area contributed by atoms with Crippen molar-refractivity contribution in [1.82, 2.24) is 9.97 Å². The first-order valence-corrected chi connectivity index (χ1v) is 9.32. The van der Waals surface area contributed by atoms with Crippen molar-refractivity contribution in [3.8, 4) is 11.4 Å². The van der Waals surface area contributed by atoms with Gasteiger partial charge < -0.3 is 5.32 Å². The van der Waals surface area contributed by atoms with Crippen LogP contribution in [0.25, 0.3) is 22.3 Å². The summed E-state index contributed by atoms with van der Waals surface area (Å²) < 4.78 is 0. The Bertz CT molecular complexity index is 1290. The molecule has 0 atom stereocenters. The summed E-state index contributed by atoms with van der Waals surface area (Å²) in [6, 6.07) is 16.9. The monoisotopic (exact) mass is 398 g/mol. The van der Waals surface area contributed by atoms with Crippen LogP contribution in [-0.2, 0) is 0 Å². The summed E-state index contributed by atoms with van der Waals surface area (Å²) in [5.74, 6) is -0.372. The molecule has 7 heteroatoms. The van der Waals surface area contributed by atoms with Gasteiger partial charge in [-0.05, 0) is 49.2 Å². The smallest absolute Gasteiger partial charge is 0.271 e. The Kier molecular flexibility index (Phi) is 4.93. The highest BCUT2D eigenvalue weighted by molar-refractivity contribution is 6.13. The first-order chi connectivity index (χ1) is 14.4. The average Bonchev–Trinajstić information content (AvgIpc) is 2.76. The van der Waals surface area contributed by atoms with Crippen LogP contribution in [0.5, 0.6) is 0 Å². The van der Waals surface area contributed by atoms with Crippen LogP contribution in [0.3, 0.4) is 0 Å². The predicted octanol–water partition coefficient (Wildman–Crippen LogP) is 5.07. The zero-order valence-corrected chi connectivity index (χ0v) is 16.4. The Labute approximate surface area is 172 Å². The number of amides is 1. The quantitative estimate of drug-likeness (QED) is 0.382. The summed E-state index contributed by atoms with van der Waals surface area (Å²) >= 11 is 0. The van der Waals surface area contributed by atoms with E-state index in [1.165, 1.54) is 18.2 Å². The normalized spacial score (nSPS) is 10.7. The van der Waals surface area contributed by atoms with E-state index in [4.69, 9.17) is 4.98 Å². The molecule has 0 spiro atoms. The number of nitrogens with zero attached hydrogens (tertiary/aromatic N) is 3. The Hall–Kier alpha value is -4.13. The third-order valence-electron chi connectivity index (χ3n) is 4.99. The number of rotatable bonds is 4. The van der Waals surface area contributed by atoms with E-state index in [-0.39, 0.29) is 11.6 Å². The second kappa shape index (κ2) is 7.71. The van der Waals surface area contributed by atoms with E-state index in [1.807, 2.05) is 44.2 Å². The Morgan fingerprint density at radius 2 is 1.83 bits per heavy atom. The lowest BCUT2D eigenvalue weighted by Crippen LogP contribution is -2.13. The molecule has 0 bridgehead atoms. The molecule has 0 aliphatic heterocycles. The maximum atomic E-state index is 13.2. The molecule has 0 aliphatic rings. The minimum atomic E-state index is -0.497. The highest BCUT2D eigenvalue weighted by Gasteiger charge is 2.17. The molecule has 0 fully saturated rings. The van der Waals surface area contributed by atoms with Crippen LogP contribution in [0.4, 0.5) is 11.4 Å². The number of hydrogen-bond donors (Lipinski definition) is 1. The first-order valence-electron chi connectivity index (χ1n) is 9.32. The molecule has 4 aromatic rings. The maximum absolute atomic E-state index is 13.2. The van der Waals surface area contributed by atoms with Crippen LogP contribution in [-0.4, -0.2) is 20.8 Å². The SMILES string of the molecule is Cc1ccc2c(C(=O)Nc3cccc([N+](=O)[O-])c3)cc(-c3ccccn3)nc2c1C. The van der Waals surface area contributed by atoms with Gasteiger partial charge in [0.15, 0.2) is 0 Å². The number of carbonyl (C=O) groups excluding carboxylic acids is 1. The number of nitrogens with one attached hydrogen (secondary N) is 1. The van der Waals surface area contributed by atoms with Gasteiger partial charge in [-0.2, -0.15) is 0 Å². The molecule has 2 aromatic heterocycles. The summed E-state index contributed by atoms with van der Waals surface area (Å²) in [6.45, 7) is 3.96. The van der Waals surface area contributed by atoms with Crippen molar-refractivity contribution in [2.24, 2.45) is 0 Å². The summed E-state index contributed by atoms with van der Waals surface area (Å²) in [5.41, 5.74) is 4.70. The number of fused-ring (bicyclic) bond motifs is 1. The Morgan fingerprint density at radius 3 is 2.57 bits per heavy atom. The van der Waals surface area contributed by atoms with Crippen LogP contribution in [0.1, 0.15) is 21.5 Å². The third kappa shape index (κ3) is 3.60. The minimum absolute atomic E-state index is 0.0898. The van der Waals surface area contributed by atoms with Crippen LogP contribution >= 0.6 is 0 Å². The topological polar surface area (TPSA) is 98.0 Å². The zero-order chi connectivity index (χ0) is 21.3. The average molecular weight is 398 g/mol. The molecule has 0 saturated heterocycles. The van der Waals surface area contributed by atoms with Crippen molar-refractivity contribution in [3.05, 3.63) is 93.7 Å². The van der Waals surface area contributed by atoms with Gasteiger partial charge >= 0.3 is 0 Å². The molecule has 1 N–H and O–H groups in total. The third-order valence-corrected chi connectivity index (χ3v) is 4.99. The van der Waals surface area contributed by atoms with Crippen molar-refractivity contribution in [3.63, 3.8) is 0 Å². The fourth-order valence-electron chi connectivity index (χ4n) is 3.26. The lowest BCUT2D eigenvalue weighted by Gasteiger charge is -2.13. The van der Waals surface area contributed by atoms with E-state index < -0.39 is 4.92 Å². The van der Waals surface area contributed by atoms with Crippen molar-refractivity contribution in [2.45, 2.75) is 13.8 Å². The lowest BCUT2D eigenvalue weighted by atomic mass is 9.99. The summed E-state index contributed by atoms with van der Waals surface area (Å²) in [6.07, 6.45) is 1.67. The van der Waals surface area contributed by atoms with Gasteiger partial charge in [0.2, 0.25) is 0 Å². The number of aromatic nitrogens is 2. The van der Waals surface area contributed by atoms with Gasteiger partial charge in [-0.15, -0.1) is 0 Å². The predicted molar refractivity (Wildman–Crippen MR) is 115 cm³/mol. The molecule has 2 aromatic carbocycles. The van der Waals surface area contributed by atoms with Crippen LogP contribution in [0.2, 0.25) is 0 Å². The molecule has 0 radical (unpaired) electrons. The van der Waals surface area contributed by atoms with E-state index in [0.717, 1.165) is 16.6 Å². The molecule has 0 unspecified atom stereocenters. The maximum Gasteiger partial charge on any atom is 0.271 e. The number of carbonyl (C=O) groups is 1. The molecule has 0 saturated carbocycles. The Balaban J connectivity index is 1.84. The van der Waals surface area contributed by atoms with Gasteiger partial charge in [0.1, 0.15) is 0 Å². The van der Waals surface area contributed by atoms with E-state index >= 15 is 0 Å². The van der Waals surface area contributed by atoms with E-state index in [1.54, 1.807) is 18.3 Å². The number of nitro benzene ring substituents is 1. The van der Waals surface area contributed by atoms with Gasteiger partial charge in [0, 0.05) is 29.4 Å². The van der Waals surface area contributed by atoms with Crippen molar-refractivity contribution < 1.29 is 9.72 Å². The standard InChI is InChI=1S/C23H18N4O3/c1-14-9-10-18-19(23(28)25-16-6-5-7-17(12-16)27(29)30)13-21(26-22(18)15(14)2)20-8-3-4-11-24-20/h3-13H,1-2H3,(H,25,28). The highest BCUT2D eigenvalue weighted by Crippen LogP contribution is 2.28. The number of non-ortho nitro benzene ring substituents is 1. The fourth-order valence-corrected chi connectivity index (χ4v) is 3.26. The molecule has 4 rings (SSSR count). The summed E-state index contributed by atoms with van der Waals surface area (Å²) in [4.78, 5) is 32.8. The first kappa shape index (κ1) is 19.2. The number of pyridine rings is 2. The second-order valence-corrected chi connectivity index (χ2v) is 6.94. The largest absolute Gasteiger partial charge is 0.322 e. The molecule has 2 heterocycles. The molecule has 0 aliphatic carbocycles. The Morgan fingerprint density at radius 1 is 1.00 bits per heavy atom. The van der Waals surface area contributed by atoms with Crippen LogP contribution in [0, 0.1) is 24.0 Å². The van der Waals surface area contributed by atoms with Gasteiger partial charge in [-0.25, -0.2) is 4.98 Å². The molecular weight excluding hydrogens is 380 g/mol. The van der Waals surface area contributed by atoms with Crippen LogP contribution in [0.15, 0.2) is 66.9 Å². The zero-order valence-electron chi connectivity index (χ0n) is 16.4. The molecular formula is C23H18N4O3. The van der Waals surface area contributed by atoms with E-state index in [9.17, 15) is 14.9 Å². The number of benzene rings is 2. The number of aryl methyl sites for hydroxylation is 2. The van der Waals surface area contributed by atoms with Crippen molar-refractivity contribution in [1.29, 1.82) is 0 Å². The lowest BCUT2D eigenvalue weighted by molar-refractivity contribution is -0.384. The van der Waals surface area contributed by atoms with E-state index in [2.05, 4.69) is 10.3 Å². The summed E-state index contributed by atoms with van der Waals surface area (Å²) in [5, 5.41) is 14.5.